The van der Waals surface area contributed by atoms with Gasteiger partial charge in [0.25, 0.3) is 5.91 Å². The number of hydrazone groups is 1. The first-order valence-corrected chi connectivity index (χ1v) is 12.4. The Morgan fingerprint density at radius 1 is 1.06 bits per heavy atom. The highest BCUT2D eigenvalue weighted by molar-refractivity contribution is 9.10. The van der Waals surface area contributed by atoms with Crippen LogP contribution in [0.25, 0.3) is 0 Å². The third-order valence-electron chi connectivity index (χ3n) is 4.43. The summed E-state index contributed by atoms with van der Waals surface area (Å²) in [6.45, 7) is -0.585. The highest BCUT2D eigenvalue weighted by Gasteiger charge is 2.27. The zero-order valence-corrected chi connectivity index (χ0v) is 20.8. The number of nitrogens with one attached hydrogen (secondary N) is 1. The van der Waals surface area contributed by atoms with Crippen molar-refractivity contribution in [1.29, 1.82) is 0 Å². The van der Waals surface area contributed by atoms with Crippen molar-refractivity contribution in [2.24, 2.45) is 5.10 Å². The van der Waals surface area contributed by atoms with Crippen LogP contribution < -0.4 is 5.43 Å². The maximum Gasteiger partial charge on any atom is 0.255 e. The smallest absolute Gasteiger partial charge is 0.255 e. The number of carbonyl (C=O) groups excluding carboxylic acids is 1. The molecule has 3 aromatic rings. The molecular weight excluding hydrogens is 556 g/mol. The Bertz CT molecular complexity index is 1250. The second-order valence-electron chi connectivity index (χ2n) is 6.78. The van der Waals surface area contributed by atoms with E-state index in [9.17, 15) is 17.6 Å². The van der Waals surface area contributed by atoms with Gasteiger partial charge in [0.2, 0.25) is 10.0 Å². The van der Waals surface area contributed by atoms with Crippen molar-refractivity contribution in [3.8, 4) is 0 Å². The Kier molecular flexibility index (Phi) is 8.61. The molecule has 6 nitrogen and oxygen atoms in total. The van der Waals surface area contributed by atoms with Crippen molar-refractivity contribution >= 4 is 61.3 Å². The molecule has 0 saturated carbocycles. The number of halogens is 4. The molecule has 0 atom stereocenters. The first-order valence-electron chi connectivity index (χ1n) is 9.43. The second kappa shape index (κ2) is 11.2. The summed E-state index contributed by atoms with van der Waals surface area (Å²) in [5.41, 5.74) is 2.89. The molecular formula is C22H17BrCl2FN3O3S. The van der Waals surface area contributed by atoms with Crippen LogP contribution in [-0.2, 0) is 21.4 Å². The number of hydrogen-bond acceptors (Lipinski definition) is 4. The van der Waals surface area contributed by atoms with Gasteiger partial charge in [0, 0.05) is 21.6 Å². The molecule has 3 rings (SSSR count). The van der Waals surface area contributed by atoms with E-state index in [1.54, 1.807) is 24.3 Å². The van der Waals surface area contributed by atoms with Gasteiger partial charge in [-0.05, 0) is 54.1 Å². The summed E-state index contributed by atoms with van der Waals surface area (Å²) in [5.74, 6) is -1.32. The summed E-state index contributed by atoms with van der Waals surface area (Å²) in [5, 5.41) is 4.21. The van der Waals surface area contributed by atoms with Gasteiger partial charge in [0.05, 0.1) is 22.7 Å². The number of amides is 1. The molecule has 0 radical (unpaired) electrons. The van der Waals surface area contributed by atoms with Gasteiger partial charge in [-0.15, -0.1) is 0 Å². The van der Waals surface area contributed by atoms with Gasteiger partial charge in [-0.25, -0.2) is 18.2 Å². The molecule has 1 amide bonds. The zero-order valence-electron chi connectivity index (χ0n) is 16.9. The number of benzene rings is 3. The normalized spacial score (nSPS) is 11.8. The van der Waals surface area contributed by atoms with Crippen molar-refractivity contribution < 1.29 is 17.6 Å². The van der Waals surface area contributed by atoms with Crippen molar-refractivity contribution in [3.05, 3.63) is 98.2 Å². The molecule has 11 heteroatoms. The van der Waals surface area contributed by atoms with Crippen molar-refractivity contribution in [2.45, 2.75) is 11.4 Å². The first kappa shape index (κ1) is 25.3. The Balaban J connectivity index is 1.81. The lowest BCUT2D eigenvalue weighted by Gasteiger charge is -2.21. The largest absolute Gasteiger partial charge is 0.272 e. The van der Waals surface area contributed by atoms with Crippen LogP contribution in [0.15, 0.2) is 81.2 Å². The third kappa shape index (κ3) is 6.84. The third-order valence-corrected chi connectivity index (χ3v) is 7.34. The molecule has 0 unspecified atom stereocenters. The number of rotatable bonds is 8. The van der Waals surface area contributed by atoms with Crippen LogP contribution in [0.2, 0.25) is 10.0 Å². The molecule has 0 aliphatic carbocycles. The SMILES string of the molecule is O=C(CN(Cc1ccc(Br)cc1)S(=O)(=O)c1ccc(Cl)cc1)N/N=C\c1c(F)cccc1Cl. The topological polar surface area (TPSA) is 78.8 Å². The Labute approximate surface area is 209 Å². The van der Waals surface area contributed by atoms with E-state index in [4.69, 9.17) is 23.2 Å². The number of nitrogens with zero attached hydrogens (tertiary/aromatic N) is 2. The molecule has 33 heavy (non-hydrogen) atoms. The minimum absolute atomic E-state index is 0.0000268. The monoisotopic (exact) mass is 571 g/mol. The van der Waals surface area contributed by atoms with Crippen LogP contribution in [0, 0.1) is 5.82 Å². The fourth-order valence-electron chi connectivity index (χ4n) is 2.77. The quantitative estimate of drug-likeness (QED) is 0.296. The van der Waals surface area contributed by atoms with Gasteiger partial charge in [0.15, 0.2) is 0 Å². The van der Waals surface area contributed by atoms with Crippen molar-refractivity contribution in [2.75, 3.05) is 6.54 Å². The van der Waals surface area contributed by atoms with Crippen LogP contribution in [0.3, 0.4) is 0 Å². The summed E-state index contributed by atoms with van der Waals surface area (Å²) >= 11 is 15.1. The van der Waals surface area contributed by atoms with E-state index in [0.717, 1.165) is 15.0 Å². The van der Waals surface area contributed by atoms with E-state index in [1.165, 1.54) is 42.5 Å². The molecule has 3 aromatic carbocycles. The van der Waals surface area contributed by atoms with Gasteiger partial charge in [-0.1, -0.05) is 57.3 Å². The van der Waals surface area contributed by atoms with Gasteiger partial charge in [-0.3, -0.25) is 4.79 Å². The summed E-state index contributed by atoms with van der Waals surface area (Å²) in [7, 11) is -4.04. The van der Waals surface area contributed by atoms with Crippen LogP contribution >= 0.6 is 39.1 Å². The molecule has 0 aliphatic rings. The zero-order chi connectivity index (χ0) is 24.0. The van der Waals surface area contributed by atoms with E-state index in [2.05, 4.69) is 26.5 Å². The Morgan fingerprint density at radius 2 is 1.73 bits per heavy atom. The van der Waals surface area contributed by atoms with Gasteiger partial charge in [-0.2, -0.15) is 9.41 Å². The van der Waals surface area contributed by atoms with Crippen LogP contribution in [-0.4, -0.2) is 31.4 Å². The van der Waals surface area contributed by atoms with Gasteiger partial charge < -0.3 is 0 Å². The van der Waals surface area contributed by atoms with E-state index in [-0.39, 0.29) is 22.0 Å². The summed E-state index contributed by atoms with van der Waals surface area (Å²) < 4.78 is 42.1. The predicted octanol–water partition coefficient (Wildman–Crippen LogP) is 5.24. The van der Waals surface area contributed by atoms with Crippen LogP contribution in [0.1, 0.15) is 11.1 Å². The van der Waals surface area contributed by atoms with E-state index >= 15 is 0 Å². The molecule has 0 bridgehead atoms. The Hall–Kier alpha value is -2.30. The maximum absolute atomic E-state index is 13.8. The van der Waals surface area contributed by atoms with E-state index in [1.807, 2.05) is 0 Å². The molecule has 0 aromatic heterocycles. The minimum Gasteiger partial charge on any atom is -0.272 e. The number of sulfonamides is 1. The highest BCUT2D eigenvalue weighted by Crippen LogP contribution is 2.21. The Morgan fingerprint density at radius 3 is 2.36 bits per heavy atom. The lowest BCUT2D eigenvalue weighted by molar-refractivity contribution is -0.121. The van der Waals surface area contributed by atoms with E-state index in [0.29, 0.717) is 10.6 Å². The highest BCUT2D eigenvalue weighted by atomic mass is 79.9. The fourth-order valence-corrected chi connectivity index (χ4v) is 4.76. The van der Waals surface area contributed by atoms with Crippen molar-refractivity contribution in [3.63, 3.8) is 0 Å². The standard InChI is InChI=1S/C22H17BrCl2FN3O3S/c23-16-6-4-15(5-7-16)13-29(33(31,32)18-10-8-17(24)9-11-18)14-22(30)28-27-12-19-20(25)2-1-3-21(19)26/h1-12H,13-14H2,(H,28,30)/b27-12-. The molecule has 0 heterocycles. The fraction of sp³-hybridized carbons (Fsp3) is 0.0909. The molecule has 172 valence electrons. The summed E-state index contributed by atoms with van der Waals surface area (Å²) in [4.78, 5) is 12.5. The maximum atomic E-state index is 13.8. The van der Waals surface area contributed by atoms with Gasteiger partial charge >= 0.3 is 0 Å². The van der Waals surface area contributed by atoms with Gasteiger partial charge in [0.1, 0.15) is 5.82 Å². The average molecular weight is 573 g/mol. The lowest BCUT2D eigenvalue weighted by atomic mass is 10.2. The second-order valence-corrected chi connectivity index (χ2v) is 10.5. The summed E-state index contributed by atoms with van der Waals surface area (Å²) in [6, 6.07) is 16.8. The summed E-state index contributed by atoms with van der Waals surface area (Å²) in [6.07, 6.45) is 1.06. The molecule has 0 aliphatic heterocycles. The average Bonchev–Trinajstić information content (AvgIpc) is 2.77. The number of carbonyl (C=O) groups is 1. The van der Waals surface area contributed by atoms with Crippen molar-refractivity contribution in [1.82, 2.24) is 9.73 Å². The minimum atomic E-state index is -4.04. The predicted molar refractivity (Wildman–Crippen MR) is 130 cm³/mol. The lowest BCUT2D eigenvalue weighted by Crippen LogP contribution is -2.39. The molecule has 0 fully saturated rings. The first-order chi connectivity index (χ1) is 15.7. The number of hydrogen-bond donors (Lipinski definition) is 1. The molecule has 1 N–H and O–H groups in total. The van der Waals surface area contributed by atoms with E-state index < -0.39 is 28.3 Å². The molecule has 0 saturated heterocycles. The van der Waals surface area contributed by atoms with Crippen LogP contribution in [0.4, 0.5) is 4.39 Å². The molecule has 0 spiro atoms. The van der Waals surface area contributed by atoms with Crippen LogP contribution in [0.5, 0.6) is 0 Å².